The van der Waals surface area contributed by atoms with Crippen LogP contribution >= 0.6 is 15.9 Å². The fourth-order valence-corrected chi connectivity index (χ4v) is 2.30. The van der Waals surface area contributed by atoms with E-state index in [9.17, 15) is 18.3 Å². The van der Waals surface area contributed by atoms with Gasteiger partial charge in [0.15, 0.2) is 0 Å². The van der Waals surface area contributed by atoms with Gasteiger partial charge < -0.3 is 5.11 Å². The monoisotopic (exact) mass is 349 g/mol. The van der Waals surface area contributed by atoms with Crippen LogP contribution in [0.25, 0.3) is 0 Å². The number of aromatic nitrogens is 3. The molecule has 0 fully saturated rings. The lowest BCUT2D eigenvalue weighted by Gasteiger charge is -2.27. The quantitative estimate of drug-likeness (QED) is 0.926. The van der Waals surface area contributed by atoms with Crippen molar-refractivity contribution in [2.45, 2.75) is 25.2 Å². The maximum Gasteiger partial charge on any atom is 0.416 e. The lowest BCUT2D eigenvalue weighted by molar-refractivity contribution is -0.140. The molecule has 1 aromatic carbocycles. The number of halogens is 4. The van der Waals surface area contributed by atoms with Crippen LogP contribution < -0.4 is 0 Å². The van der Waals surface area contributed by atoms with Gasteiger partial charge in [0.2, 0.25) is 0 Å². The van der Waals surface area contributed by atoms with Gasteiger partial charge in [-0.1, -0.05) is 22.0 Å². The van der Waals surface area contributed by atoms with Gasteiger partial charge in [-0.15, -0.1) is 0 Å². The Hall–Kier alpha value is -1.41. The molecule has 0 radical (unpaired) electrons. The minimum Gasteiger partial charge on any atom is -0.383 e. The second kappa shape index (κ2) is 5.17. The molecule has 0 bridgehead atoms. The summed E-state index contributed by atoms with van der Waals surface area (Å²) in [5.74, 6) is 0. The maximum atomic E-state index is 13.1. The van der Waals surface area contributed by atoms with Crippen LogP contribution in [0.1, 0.15) is 18.1 Å². The zero-order chi connectivity index (χ0) is 15.0. The highest BCUT2D eigenvalue weighted by Gasteiger charge is 2.39. The maximum absolute atomic E-state index is 13.1. The predicted octanol–water partition coefficient (Wildman–Crippen LogP) is 2.97. The molecule has 0 amide bonds. The predicted molar refractivity (Wildman–Crippen MR) is 68.7 cm³/mol. The van der Waals surface area contributed by atoms with Crippen molar-refractivity contribution >= 4 is 15.9 Å². The summed E-state index contributed by atoms with van der Waals surface area (Å²) in [5, 5.41) is 14.2. The van der Waals surface area contributed by atoms with E-state index < -0.39 is 17.3 Å². The second-order valence-corrected chi connectivity index (χ2v) is 5.47. The molecule has 8 heteroatoms. The minimum atomic E-state index is -4.55. The molecule has 1 aromatic heterocycles. The lowest BCUT2D eigenvalue weighted by Crippen LogP contribution is -2.31. The fraction of sp³-hybridized carbons (Fsp3) is 0.333. The van der Waals surface area contributed by atoms with Crippen molar-refractivity contribution in [3.8, 4) is 0 Å². The van der Waals surface area contributed by atoms with Gasteiger partial charge >= 0.3 is 6.18 Å². The number of nitrogens with zero attached hydrogens (tertiary/aromatic N) is 3. The third kappa shape index (κ3) is 3.18. The third-order valence-corrected chi connectivity index (χ3v) is 3.30. The van der Waals surface area contributed by atoms with Crippen LogP contribution in [0.4, 0.5) is 13.2 Å². The molecular weight excluding hydrogens is 339 g/mol. The van der Waals surface area contributed by atoms with Gasteiger partial charge in [0, 0.05) is 4.47 Å². The fourth-order valence-electron chi connectivity index (χ4n) is 1.94. The van der Waals surface area contributed by atoms with Crippen molar-refractivity contribution in [1.82, 2.24) is 14.8 Å². The molecule has 2 aromatic rings. The van der Waals surface area contributed by atoms with E-state index in [0.29, 0.717) is 4.47 Å². The molecule has 0 aliphatic heterocycles. The first-order valence-electron chi connectivity index (χ1n) is 5.62. The molecule has 2 rings (SSSR count). The summed E-state index contributed by atoms with van der Waals surface area (Å²) in [6.07, 6.45) is -1.96. The zero-order valence-corrected chi connectivity index (χ0v) is 12.0. The Morgan fingerprint density at radius 3 is 2.55 bits per heavy atom. The number of aliphatic hydroxyl groups is 1. The Kier molecular flexibility index (Phi) is 3.88. The highest BCUT2D eigenvalue weighted by molar-refractivity contribution is 9.10. The second-order valence-electron chi connectivity index (χ2n) is 4.55. The van der Waals surface area contributed by atoms with Crippen LogP contribution in [0, 0.1) is 0 Å². The molecule has 0 saturated heterocycles. The number of rotatable bonds is 3. The molecular formula is C12H11BrF3N3O. The average Bonchev–Trinajstić information content (AvgIpc) is 2.79. The highest BCUT2D eigenvalue weighted by Crippen LogP contribution is 2.38. The zero-order valence-electron chi connectivity index (χ0n) is 10.4. The van der Waals surface area contributed by atoms with E-state index in [1.54, 1.807) is 0 Å². The third-order valence-electron chi connectivity index (χ3n) is 2.80. The molecule has 1 N–H and O–H groups in total. The topological polar surface area (TPSA) is 50.9 Å². The van der Waals surface area contributed by atoms with Crippen LogP contribution in [0.3, 0.4) is 0 Å². The summed E-state index contributed by atoms with van der Waals surface area (Å²) >= 11 is 3.01. The van der Waals surface area contributed by atoms with Crippen molar-refractivity contribution in [3.63, 3.8) is 0 Å². The van der Waals surface area contributed by atoms with Gasteiger partial charge in [0.25, 0.3) is 0 Å². The standard InChI is InChI=1S/C12H11BrF3N3O/c1-11(20,5-19-7-17-6-18-19)9-3-2-8(13)4-10(9)12(14,15)16/h2-4,6-7,20H,5H2,1H3. The number of hydrogen-bond donors (Lipinski definition) is 1. The van der Waals surface area contributed by atoms with E-state index >= 15 is 0 Å². The van der Waals surface area contributed by atoms with E-state index in [4.69, 9.17) is 0 Å². The van der Waals surface area contributed by atoms with Gasteiger partial charge in [-0.25, -0.2) is 9.67 Å². The summed E-state index contributed by atoms with van der Waals surface area (Å²) in [6.45, 7) is 1.19. The van der Waals surface area contributed by atoms with E-state index in [1.807, 2.05) is 0 Å². The molecule has 0 aliphatic carbocycles. The molecule has 20 heavy (non-hydrogen) atoms. The first kappa shape index (κ1) is 15.0. The summed E-state index contributed by atoms with van der Waals surface area (Å²) < 4.78 is 40.8. The molecule has 1 heterocycles. The normalized spacial score (nSPS) is 15.1. The van der Waals surface area contributed by atoms with Crippen LogP contribution in [0.15, 0.2) is 35.3 Å². The van der Waals surface area contributed by atoms with Crippen molar-refractivity contribution in [3.05, 3.63) is 46.5 Å². The number of alkyl halides is 3. The molecule has 1 atom stereocenters. The summed E-state index contributed by atoms with van der Waals surface area (Å²) in [5.41, 5.74) is -2.81. The minimum absolute atomic E-state index is 0.127. The Balaban J connectivity index is 2.45. The van der Waals surface area contributed by atoms with Crippen molar-refractivity contribution in [2.75, 3.05) is 0 Å². The smallest absolute Gasteiger partial charge is 0.383 e. The molecule has 108 valence electrons. The summed E-state index contributed by atoms with van der Waals surface area (Å²) in [7, 11) is 0. The molecule has 0 saturated carbocycles. The lowest BCUT2D eigenvalue weighted by atomic mass is 9.91. The van der Waals surface area contributed by atoms with E-state index in [1.165, 1.54) is 36.4 Å². The van der Waals surface area contributed by atoms with Gasteiger partial charge in [0.05, 0.1) is 12.1 Å². The SMILES string of the molecule is CC(O)(Cn1cncn1)c1ccc(Br)cc1C(F)(F)F. The molecule has 0 aliphatic rings. The summed E-state index contributed by atoms with van der Waals surface area (Å²) in [4.78, 5) is 3.70. The van der Waals surface area contributed by atoms with E-state index in [0.717, 1.165) is 6.07 Å². The first-order chi connectivity index (χ1) is 9.20. The van der Waals surface area contributed by atoms with Crippen LogP contribution in [0.2, 0.25) is 0 Å². The van der Waals surface area contributed by atoms with Crippen molar-refractivity contribution in [2.24, 2.45) is 0 Å². The Morgan fingerprint density at radius 1 is 1.30 bits per heavy atom. The van der Waals surface area contributed by atoms with E-state index in [-0.39, 0.29) is 12.1 Å². The van der Waals surface area contributed by atoms with Gasteiger partial charge in [-0.05, 0) is 24.6 Å². The molecule has 0 spiro atoms. The average molecular weight is 350 g/mol. The van der Waals surface area contributed by atoms with Crippen molar-refractivity contribution < 1.29 is 18.3 Å². The van der Waals surface area contributed by atoms with Gasteiger partial charge in [-0.3, -0.25) is 0 Å². The van der Waals surface area contributed by atoms with Gasteiger partial charge in [0.1, 0.15) is 18.3 Å². The Bertz CT molecular complexity index is 596. The Labute approximate surface area is 121 Å². The summed E-state index contributed by atoms with van der Waals surface area (Å²) in [6, 6.07) is 3.66. The Morgan fingerprint density at radius 2 is 2.00 bits per heavy atom. The highest BCUT2D eigenvalue weighted by atomic mass is 79.9. The molecule has 4 nitrogen and oxygen atoms in total. The van der Waals surface area contributed by atoms with Crippen molar-refractivity contribution in [1.29, 1.82) is 0 Å². The van der Waals surface area contributed by atoms with Crippen LogP contribution in [-0.2, 0) is 18.3 Å². The van der Waals surface area contributed by atoms with Crippen LogP contribution in [0.5, 0.6) is 0 Å². The number of benzene rings is 1. The molecule has 1 unspecified atom stereocenters. The largest absolute Gasteiger partial charge is 0.416 e. The van der Waals surface area contributed by atoms with E-state index in [2.05, 4.69) is 26.0 Å². The first-order valence-corrected chi connectivity index (χ1v) is 6.41. The van der Waals surface area contributed by atoms with Gasteiger partial charge in [-0.2, -0.15) is 18.3 Å². The van der Waals surface area contributed by atoms with Crippen LogP contribution in [-0.4, -0.2) is 19.9 Å². The number of hydrogen-bond acceptors (Lipinski definition) is 3.